The molecule has 0 atom stereocenters. The molecule has 1 aliphatic carbocycles. The van der Waals surface area contributed by atoms with Crippen molar-refractivity contribution in [3.63, 3.8) is 0 Å². The first-order valence-electron chi connectivity index (χ1n) is 8.30. The fraction of sp³-hybridized carbons (Fsp3) is 0.222. The van der Waals surface area contributed by atoms with Gasteiger partial charge >= 0.3 is 0 Å². The van der Waals surface area contributed by atoms with Gasteiger partial charge in [-0.05, 0) is 49.2 Å². The molecule has 1 heterocycles. The molecule has 0 unspecified atom stereocenters. The molecule has 1 saturated carbocycles. The van der Waals surface area contributed by atoms with E-state index in [2.05, 4.69) is 26.1 Å². The summed E-state index contributed by atoms with van der Waals surface area (Å²) >= 11 is 9.48. The van der Waals surface area contributed by atoms with E-state index < -0.39 is 10.0 Å². The molecule has 0 spiro atoms. The zero-order valence-electron chi connectivity index (χ0n) is 14.0. The van der Waals surface area contributed by atoms with E-state index >= 15 is 0 Å². The first-order chi connectivity index (χ1) is 12.9. The quantitative estimate of drug-likeness (QED) is 0.532. The van der Waals surface area contributed by atoms with E-state index in [1.165, 1.54) is 4.31 Å². The second-order valence-electron chi connectivity index (χ2n) is 6.22. The van der Waals surface area contributed by atoms with Crippen LogP contribution < -0.4 is 0 Å². The van der Waals surface area contributed by atoms with Crippen molar-refractivity contribution < 1.29 is 12.8 Å². The van der Waals surface area contributed by atoms with Gasteiger partial charge in [-0.15, -0.1) is 10.2 Å². The van der Waals surface area contributed by atoms with Crippen LogP contribution in [0.2, 0.25) is 5.02 Å². The van der Waals surface area contributed by atoms with E-state index in [9.17, 15) is 8.42 Å². The van der Waals surface area contributed by atoms with Gasteiger partial charge in [0, 0.05) is 10.5 Å². The zero-order valence-corrected chi connectivity index (χ0v) is 17.2. The highest BCUT2D eigenvalue weighted by Gasteiger charge is 2.39. The Bertz CT molecular complexity index is 1070. The third-order valence-electron chi connectivity index (χ3n) is 4.24. The molecule has 4 rings (SSSR count). The summed E-state index contributed by atoms with van der Waals surface area (Å²) in [5.74, 6) is 0.505. The number of hydrogen-bond donors (Lipinski definition) is 0. The van der Waals surface area contributed by atoms with Crippen LogP contribution in [-0.2, 0) is 16.6 Å². The summed E-state index contributed by atoms with van der Waals surface area (Å²) in [6.07, 6.45) is 1.64. The van der Waals surface area contributed by atoms with Gasteiger partial charge < -0.3 is 4.42 Å². The van der Waals surface area contributed by atoms with Gasteiger partial charge in [0.25, 0.3) is 0 Å². The molecule has 9 heteroatoms. The van der Waals surface area contributed by atoms with Crippen molar-refractivity contribution >= 4 is 37.6 Å². The molecule has 0 bridgehead atoms. The van der Waals surface area contributed by atoms with Crippen LogP contribution in [0.25, 0.3) is 11.5 Å². The minimum Gasteiger partial charge on any atom is -0.419 e. The second kappa shape index (κ2) is 7.35. The van der Waals surface area contributed by atoms with Crippen LogP contribution in [0.3, 0.4) is 0 Å². The number of rotatable bonds is 6. The third-order valence-corrected chi connectivity index (χ3v) is 7.01. The molecule has 140 valence electrons. The lowest BCUT2D eigenvalue weighted by atomic mass is 10.2. The highest BCUT2D eigenvalue weighted by Crippen LogP contribution is 2.34. The van der Waals surface area contributed by atoms with E-state index in [0.29, 0.717) is 10.6 Å². The number of sulfonamides is 1. The Kier molecular flexibility index (Phi) is 5.07. The molecule has 0 amide bonds. The van der Waals surface area contributed by atoms with Gasteiger partial charge in [0.05, 0.1) is 22.0 Å². The Labute approximate surface area is 170 Å². The van der Waals surface area contributed by atoms with Crippen LogP contribution in [0.1, 0.15) is 18.7 Å². The number of aromatic nitrogens is 2. The van der Waals surface area contributed by atoms with E-state index in [1.54, 1.807) is 36.4 Å². The van der Waals surface area contributed by atoms with Crippen molar-refractivity contribution in [3.05, 3.63) is 63.9 Å². The molecule has 0 radical (unpaired) electrons. The monoisotopic (exact) mass is 467 g/mol. The first-order valence-corrected chi connectivity index (χ1v) is 10.9. The Balaban J connectivity index is 1.62. The van der Waals surface area contributed by atoms with Crippen LogP contribution in [0.4, 0.5) is 0 Å². The Morgan fingerprint density at radius 2 is 1.81 bits per heavy atom. The zero-order chi connectivity index (χ0) is 19.0. The molecule has 3 aromatic rings. The smallest absolute Gasteiger partial charge is 0.249 e. The van der Waals surface area contributed by atoms with Gasteiger partial charge in [0.15, 0.2) is 0 Å². The molecule has 0 aliphatic heterocycles. The average molecular weight is 469 g/mol. The summed E-state index contributed by atoms with van der Waals surface area (Å²) in [6.45, 7) is 0.0283. The number of halogens is 2. The third kappa shape index (κ3) is 3.94. The minimum absolute atomic E-state index is 0.0283. The van der Waals surface area contributed by atoms with Gasteiger partial charge in [-0.2, -0.15) is 4.31 Å². The van der Waals surface area contributed by atoms with Gasteiger partial charge in [-0.3, -0.25) is 0 Å². The maximum atomic E-state index is 13.1. The lowest BCUT2D eigenvalue weighted by Crippen LogP contribution is -2.32. The van der Waals surface area contributed by atoms with E-state index in [1.807, 2.05) is 12.1 Å². The molecular formula is C18H15BrClN3O3S. The van der Waals surface area contributed by atoms with Crippen LogP contribution in [0, 0.1) is 0 Å². The predicted octanol–water partition coefficient (Wildman–Crippen LogP) is 4.51. The molecule has 6 nitrogen and oxygen atoms in total. The van der Waals surface area contributed by atoms with Crippen molar-refractivity contribution in [1.29, 1.82) is 0 Å². The molecule has 1 aliphatic rings. The maximum absolute atomic E-state index is 13.1. The van der Waals surface area contributed by atoms with E-state index in [4.69, 9.17) is 16.0 Å². The van der Waals surface area contributed by atoms with Crippen LogP contribution in [0.5, 0.6) is 0 Å². The fourth-order valence-electron chi connectivity index (χ4n) is 2.71. The van der Waals surface area contributed by atoms with Crippen molar-refractivity contribution in [3.8, 4) is 11.5 Å². The van der Waals surface area contributed by atoms with Crippen molar-refractivity contribution in [1.82, 2.24) is 14.5 Å². The number of benzene rings is 2. The van der Waals surface area contributed by atoms with Gasteiger partial charge in [0.1, 0.15) is 0 Å². The summed E-state index contributed by atoms with van der Waals surface area (Å²) in [6, 6.07) is 13.7. The average Bonchev–Trinajstić information content (AvgIpc) is 3.38. The molecule has 27 heavy (non-hydrogen) atoms. The minimum atomic E-state index is -3.66. The van der Waals surface area contributed by atoms with Gasteiger partial charge in [0.2, 0.25) is 21.8 Å². The Hall–Kier alpha value is -1.74. The van der Waals surface area contributed by atoms with Crippen LogP contribution in [0.15, 0.2) is 62.3 Å². The first kappa shape index (κ1) is 18.6. The summed E-state index contributed by atoms with van der Waals surface area (Å²) < 4.78 is 34.1. The van der Waals surface area contributed by atoms with Crippen LogP contribution in [-0.4, -0.2) is 29.0 Å². The largest absolute Gasteiger partial charge is 0.419 e. The number of hydrogen-bond acceptors (Lipinski definition) is 5. The van der Waals surface area contributed by atoms with Crippen molar-refractivity contribution in [2.24, 2.45) is 0 Å². The fourth-order valence-corrected chi connectivity index (χ4v) is 4.82. The number of nitrogens with zero attached hydrogens (tertiary/aromatic N) is 3. The lowest BCUT2D eigenvalue weighted by Gasteiger charge is -2.20. The molecule has 0 N–H and O–H groups in total. The second-order valence-corrected chi connectivity index (χ2v) is 9.43. The predicted molar refractivity (Wildman–Crippen MR) is 105 cm³/mol. The van der Waals surface area contributed by atoms with E-state index in [0.717, 1.165) is 17.3 Å². The molecule has 2 aromatic carbocycles. The molecular weight excluding hydrogens is 454 g/mol. The Morgan fingerprint density at radius 3 is 2.48 bits per heavy atom. The molecule has 1 fully saturated rings. The topological polar surface area (TPSA) is 76.3 Å². The summed E-state index contributed by atoms with van der Waals surface area (Å²) in [5, 5.41) is 8.53. The van der Waals surface area contributed by atoms with Crippen LogP contribution >= 0.6 is 27.5 Å². The standard InChI is InChI=1S/C18H15BrClN3O3S/c19-12-5-9-14(10-6-12)27(24,25)23(13-7-8-13)11-17-21-22-18(26-17)15-3-1-2-4-16(15)20/h1-6,9-10,13H,7-8,11H2. The normalized spacial score (nSPS) is 14.6. The maximum Gasteiger partial charge on any atom is 0.249 e. The summed E-state index contributed by atoms with van der Waals surface area (Å²) in [7, 11) is -3.66. The summed E-state index contributed by atoms with van der Waals surface area (Å²) in [4.78, 5) is 0.239. The Morgan fingerprint density at radius 1 is 1.11 bits per heavy atom. The molecule has 0 saturated heterocycles. The lowest BCUT2D eigenvalue weighted by molar-refractivity contribution is 0.351. The highest BCUT2D eigenvalue weighted by atomic mass is 79.9. The summed E-state index contributed by atoms with van der Waals surface area (Å²) in [5.41, 5.74) is 0.617. The van der Waals surface area contributed by atoms with Gasteiger partial charge in [-0.1, -0.05) is 39.7 Å². The SMILES string of the molecule is O=S(=O)(c1ccc(Br)cc1)N(Cc1nnc(-c2ccccc2Cl)o1)C1CC1. The van der Waals surface area contributed by atoms with E-state index in [-0.39, 0.29) is 29.3 Å². The molecule has 1 aromatic heterocycles. The van der Waals surface area contributed by atoms with Crippen molar-refractivity contribution in [2.75, 3.05) is 0 Å². The van der Waals surface area contributed by atoms with Gasteiger partial charge in [-0.25, -0.2) is 8.42 Å². The highest BCUT2D eigenvalue weighted by molar-refractivity contribution is 9.10. The van der Waals surface area contributed by atoms with Crippen molar-refractivity contribution in [2.45, 2.75) is 30.3 Å².